The van der Waals surface area contributed by atoms with Gasteiger partial charge in [0.2, 0.25) is 0 Å². The van der Waals surface area contributed by atoms with Crippen molar-refractivity contribution in [1.82, 2.24) is 5.32 Å². The van der Waals surface area contributed by atoms with Crippen LogP contribution in [0.4, 0.5) is 0 Å². The predicted molar refractivity (Wildman–Crippen MR) is 74.3 cm³/mol. The molecule has 2 aliphatic heterocycles. The fourth-order valence-electron chi connectivity index (χ4n) is 3.57. The number of piperidine rings is 1. The molecular weight excluding hydrogens is 262 g/mol. The van der Waals surface area contributed by atoms with Gasteiger partial charge in [-0.15, -0.1) is 0 Å². The van der Waals surface area contributed by atoms with E-state index < -0.39 is 0 Å². The van der Waals surface area contributed by atoms with Gasteiger partial charge in [-0.3, -0.25) is 4.79 Å². The van der Waals surface area contributed by atoms with Crippen molar-refractivity contribution in [3.8, 4) is 0 Å². The van der Waals surface area contributed by atoms with Crippen molar-refractivity contribution < 1.29 is 9.53 Å². The molecule has 19 heavy (non-hydrogen) atoms. The normalized spacial score (nSPS) is 33.2. The third-order valence-corrected chi connectivity index (χ3v) is 4.70. The van der Waals surface area contributed by atoms with Gasteiger partial charge in [0, 0.05) is 23.0 Å². The molecule has 0 saturated carbocycles. The average molecular weight is 280 g/mol. The largest absolute Gasteiger partial charge is 0.469 e. The number of carbonyl (C=O) groups is 1. The average Bonchev–Trinajstić information content (AvgIpc) is 2.80. The summed E-state index contributed by atoms with van der Waals surface area (Å²) in [5.74, 6) is 0.0613. The summed E-state index contributed by atoms with van der Waals surface area (Å²) in [7, 11) is 1.47. The van der Waals surface area contributed by atoms with E-state index in [9.17, 15) is 4.79 Å². The Kier molecular flexibility index (Phi) is 3.50. The third kappa shape index (κ3) is 2.37. The minimum Gasteiger partial charge on any atom is -0.469 e. The van der Waals surface area contributed by atoms with Gasteiger partial charge in [-0.25, -0.2) is 0 Å². The SMILES string of the molecule is COC(=O)C1C2CC[C@H](C[C@@H]1c1ccc(Cl)cc1)N2. The molecule has 0 radical (unpaired) electrons. The summed E-state index contributed by atoms with van der Waals surface area (Å²) >= 11 is 5.94. The number of methoxy groups -OCH3 is 1. The van der Waals surface area contributed by atoms with E-state index >= 15 is 0 Å². The molecule has 1 N–H and O–H groups in total. The number of rotatable bonds is 2. The van der Waals surface area contributed by atoms with Gasteiger partial charge < -0.3 is 10.1 Å². The number of nitrogens with one attached hydrogen (secondary N) is 1. The lowest BCUT2D eigenvalue weighted by Gasteiger charge is -2.36. The number of hydrogen-bond donors (Lipinski definition) is 1. The van der Waals surface area contributed by atoms with Crippen LogP contribution in [0, 0.1) is 5.92 Å². The van der Waals surface area contributed by atoms with Gasteiger partial charge >= 0.3 is 5.97 Å². The van der Waals surface area contributed by atoms with E-state index in [1.54, 1.807) is 0 Å². The lowest BCUT2D eigenvalue weighted by atomic mass is 9.77. The molecule has 0 spiro atoms. The van der Waals surface area contributed by atoms with E-state index in [2.05, 4.69) is 5.32 Å². The molecule has 0 amide bonds. The molecule has 2 heterocycles. The van der Waals surface area contributed by atoms with Gasteiger partial charge in [0.25, 0.3) is 0 Å². The van der Waals surface area contributed by atoms with E-state index in [0.717, 1.165) is 24.3 Å². The number of halogens is 1. The zero-order valence-corrected chi connectivity index (χ0v) is 11.7. The molecule has 2 saturated heterocycles. The zero-order chi connectivity index (χ0) is 13.4. The second-order valence-corrected chi connectivity index (χ2v) is 5.93. The van der Waals surface area contributed by atoms with E-state index in [-0.39, 0.29) is 23.8 Å². The van der Waals surface area contributed by atoms with Crippen molar-refractivity contribution in [2.75, 3.05) is 7.11 Å². The fourth-order valence-corrected chi connectivity index (χ4v) is 3.70. The van der Waals surface area contributed by atoms with Crippen LogP contribution in [-0.2, 0) is 9.53 Å². The lowest BCUT2D eigenvalue weighted by molar-refractivity contribution is -0.148. The Morgan fingerprint density at radius 3 is 2.74 bits per heavy atom. The number of esters is 1. The Balaban J connectivity index is 1.92. The second-order valence-electron chi connectivity index (χ2n) is 5.49. The molecule has 0 aromatic heterocycles. The maximum atomic E-state index is 12.1. The van der Waals surface area contributed by atoms with E-state index in [4.69, 9.17) is 16.3 Å². The van der Waals surface area contributed by atoms with Crippen molar-refractivity contribution >= 4 is 17.6 Å². The first-order valence-corrected chi connectivity index (χ1v) is 7.16. The number of carbonyl (C=O) groups excluding carboxylic acids is 1. The second kappa shape index (κ2) is 5.14. The molecule has 2 bridgehead atoms. The third-order valence-electron chi connectivity index (χ3n) is 4.45. The Hall–Kier alpha value is -1.06. The molecule has 4 atom stereocenters. The highest BCUT2D eigenvalue weighted by Gasteiger charge is 2.46. The number of ether oxygens (including phenoxy) is 1. The molecule has 1 aromatic carbocycles. The van der Waals surface area contributed by atoms with Crippen LogP contribution < -0.4 is 5.32 Å². The summed E-state index contributed by atoms with van der Waals surface area (Å²) in [6.07, 6.45) is 3.22. The first-order chi connectivity index (χ1) is 9.19. The fraction of sp³-hybridized carbons (Fsp3) is 0.533. The minimum atomic E-state index is -0.0993. The predicted octanol–water partition coefficient (Wildman–Crippen LogP) is 2.74. The first kappa shape index (κ1) is 12.9. The van der Waals surface area contributed by atoms with Crippen LogP contribution in [-0.4, -0.2) is 25.2 Å². The van der Waals surface area contributed by atoms with Gasteiger partial charge in [-0.1, -0.05) is 23.7 Å². The van der Waals surface area contributed by atoms with Crippen molar-refractivity contribution in [2.45, 2.75) is 37.3 Å². The van der Waals surface area contributed by atoms with Crippen LogP contribution in [0.1, 0.15) is 30.7 Å². The van der Waals surface area contributed by atoms with Crippen LogP contribution in [0.2, 0.25) is 5.02 Å². The van der Waals surface area contributed by atoms with Crippen LogP contribution in [0.5, 0.6) is 0 Å². The summed E-state index contributed by atoms with van der Waals surface area (Å²) in [5, 5.41) is 4.27. The van der Waals surface area contributed by atoms with Gasteiger partial charge in [-0.05, 0) is 37.0 Å². The van der Waals surface area contributed by atoms with Crippen molar-refractivity contribution in [1.29, 1.82) is 0 Å². The maximum absolute atomic E-state index is 12.1. The molecule has 3 nitrogen and oxygen atoms in total. The highest BCUT2D eigenvalue weighted by atomic mass is 35.5. The monoisotopic (exact) mass is 279 g/mol. The smallest absolute Gasteiger partial charge is 0.310 e. The molecule has 2 unspecified atom stereocenters. The summed E-state index contributed by atoms with van der Waals surface area (Å²) in [6.45, 7) is 0. The minimum absolute atomic E-state index is 0.0788. The van der Waals surface area contributed by atoms with Crippen LogP contribution in [0.25, 0.3) is 0 Å². The Labute approximate surface area is 118 Å². The molecule has 4 heteroatoms. The molecule has 1 aromatic rings. The van der Waals surface area contributed by atoms with Crippen molar-refractivity contribution in [3.05, 3.63) is 34.9 Å². The molecule has 2 aliphatic rings. The Bertz CT molecular complexity index is 474. The van der Waals surface area contributed by atoms with Gasteiger partial charge in [-0.2, -0.15) is 0 Å². The van der Waals surface area contributed by atoms with Crippen LogP contribution >= 0.6 is 11.6 Å². The Morgan fingerprint density at radius 1 is 1.32 bits per heavy atom. The van der Waals surface area contributed by atoms with Crippen molar-refractivity contribution in [3.63, 3.8) is 0 Å². The number of benzene rings is 1. The first-order valence-electron chi connectivity index (χ1n) is 6.78. The lowest BCUT2D eigenvalue weighted by Crippen LogP contribution is -2.48. The van der Waals surface area contributed by atoms with E-state index in [1.807, 2.05) is 24.3 Å². The highest BCUT2D eigenvalue weighted by Crippen LogP contribution is 2.42. The molecule has 0 aliphatic carbocycles. The molecule has 2 fully saturated rings. The van der Waals surface area contributed by atoms with Crippen LogP contribution in [0.3, 0.4) is 0 Å². The standard InChI is InChI=1S/C15H18ClNO2/c1-19-15(18)14-12(8-11-6-7-13(14)17-11)9-2-4-10(16)5-3-9/h2-5,11-14,17H,6-8H2,1H3/t11-,12-,13?,14?/m1/s1. The van der Waals surface area contributed by atoms with E-state index in [0.29, 0.717) is 6.04 Å². The summed E-state index contributed by atoms with van der Waals surface area (Å²) in [4.78, 5) is 12.1. The van der Waals surface area contributed by atoms with Crippen LogP contribution in [0.15, 0.2) is 24.3 Å². The summed E-state index contributed by atoms with van der Waals surface area (Å²) < 4.78 is 5.01. The van der Waals surface area contributed by atoms with Gasteiger partial charge in [0.05, 0.1) is 13.0 Å². The quantitative estimate of drug-likeness (QED) is 0.846. The topological polar surface area (TPSA) is 38.3 Å². The van der Waals surface area contributed by atoms with Gasteiger partial charge in [0.1, 0.15) is 0 Å². The van der Waals surface area contributed by atoms with Gasteiger partial charge in [0.15, 0.2) is 0 Å². The molecule has 102 valence electrons. The highest BCUT2D eigenvalue weighted by molar-refractivity contribution is 6.30. The maximum Gasteiger partial charge on any atom is 0.310 e. The van der Waals surface area contributed by atoms with E-state index in [1.165, 1.54) is 12.7 Å². The Morgan fingerprint density at radius 2 is 2.05 bits per heavy atom. The number of fused-ring (bicyclic) bond motifs is 2. The number of hydrogen-bond acceptors (Lipinski definition) is 3. The van der Waals surface area contributed by atoms with Crippen molar-refractivity contribution in [2.24, 2.45) is 5.92 Å². The summed E-state index contributed by atoms with van der Waals surface area (Å²) in [5.41, 5.74) is 1.19. The molecular formula is C15H18ClNO2. The summed E-state index contributed by atoms with van der Waals surface area (Å²) in [6, 6.07) is 8.66. The zero-order valence-electron chi connectivity index (χ0n) is 10.9. The molecule has 3 rings (SSSR count).